The fourth-order valence-corrected chi connectivity index (χ4v) is 5.75. The number of nitrogens with one attached hydrogen (secondary N) is 2. The molecule has 0 unspecified atom stereocenters. The Bertz CT molecular complexity index is 1890. The molecule has 1 aromatic heterocycles. The summed E-state index contributed by atoms with van der Waals surface area (Å²) in [5.74, 6) is -0.773. The largest absolute Gasteiger partial charge is 0.573 e. The summed E-state index contributed by atoms with van der Waals surface area (Å²) >= 11 is 1.21. The van der Waals surface area contributed by atoms with E-state index in [4.69, 9.17) is 0 Å². The molecular formula is C33H31F3N6O4S. The van der Waals surface area contributed by atoms with Crippen molar-refractivity contribution in [1.29, 1.82) is 0 Å². The van der Waals surface area contributed by atoms with Gasteiger partial charge in [0.25, 0.3) is 5.91 Å². The lowest BCUT2D eigenvalue weighted by molar-refractivity contribution is -0.274. The second-order valence-electron chi connectivity index (χ2n) is 11.2. The van der Waals surface area contributed by atoms with Gasteiger partial charge in [-0.25, -0.2) is 9.48 Å². The Balaban J connectivity index is 1.28. The van der Waals surface area contributed by atoms with Crippen LogP contribution >= 0.6 is 11.8 Å². The Morgan fingerprint density at radius 1 is 0.979 bits per heavy atom. The van der Waals surface area contributed by atoms with Crippen LogP contribution in [-0.2, 0) is 4.79 Å². The first kappa shape index (κ1) is 33.3. The van der Waals surface area contributed by atoms with Gasteiger partial charge in [0, 0.05) is 11.3 Å². The highest BCUT2D eigenvalue weighted by atomic mass is 32.2. The van der Waals surface area contributed by atoms with E-state index in [1.165, 1.54) is 28.8 Å². The van der Waals surface area contributed by atoms with E-state index >= 15 is 0 Å². The van der Waals surface area contributed by atoms with Gasteiger partial charge in [-0.3, -0.25) is 14.5 Å². The van der Waals surface area contributed by atoms with Crippen molar-refractivity contribution in [2.75, 3.05) is 21.3 Å². The molecule has 0 aliphatic carbocycles. The second-order valence-corrected chi connectivity index (χ2v) is 12.1. The summed E-state index contributed by atoms with van der Waals surface area (Å²) in [6.07, 6.45) is -3.23. The van der Waals surface area contributed by atoms with Crippen molar-refractivity contribution in [1.82, 2.24) is 9.78 Å². The fourth-order valence-electron chi connectivity index (χ4n) is 4.90. The molecule has 244 valence electrons. The monoisotopic (exact) mass is 664 g/mol. The quantitative estimate of drug-likeness (QED) is 0.209. The van der Waals surface area contributed by atoms with Gasteiger partial charge < -0.3 is 15.4 Å². The molecule has 3 aromatic carbocycles. The van der Waals surface area contributed by atoms with E-state index in [1.54, 1.807) is 42.9 Å². The van der Waals surface area contributed by atoms with Crippen molar-refractivity contribution in [2.24, 2.45) is 4.99 Å². The minimum atomic E-state index is -4.83. The topological polar surface area (TPSA) is 118 Å². The van der Waals surface area contributed by atoms with Crippen LogP contribution in [0, 0.1) is 20.8 Å². The number of nitrogens with zero attached hydrogens (tertiary/aromatic N) is 4. The highest BCUT2D eigenvalue weighted by molar-refractivity contribution is 8.15. The van der Waals surface area contributed by atoms with Gasteiger partial charge >= 0.3 is 12.4 Å². The number of hydrogen-bond donors (Lipinski definition) is 2. The smallest absolute Gasteiger partial charge is 0.406 e. The van der Waals surface area contributed by atoms with Crippen molar-refractivity contribution in [3.63, 3.8) is 0 Å². The predicted molar refractivity (Wildman–Crippen MR) is 176 cm³/mol. The Kier molecular flexibility index (Phi) is 9.43. The van der Waals surface area contributed by atoms with Crippen LogP contribution < -0.4 is 20.3 Å². The number of aliphatic imine (C=N–C) groups is 1. The molecule has 10 nitrogen and oxygen atoms in total. The van der Waals surface area contributed by atoms with Gasteiger partial charge in [-0.05, 0) is 91.9 Å². The number of aryl methyl sites for hydroxylation is 3. The van der Waals surface area contributed by atoms with Gasteiger partial charge in [0.1, 0.15) is 5.75 Å². The molecule has 1 aliphatic heterocycles. The van der Waals surface area contributed by atoms with Crippen LogP contribution in [0.1, 0.15) is 52.5 Å². The zero-order chi connectivity index (χ0) is 34.0. The Morgan fingerprint density at radius 2 is 1.70 bits per heavy atom. The summed E-state index contributed by atoms with van der Waals surface area (Å²) in [4.78, 5) is 44.4. The highest BCUT2D eigenvalue weighted by Gasteiger charge is 2.33. The van der Waals surface area contributed by atoms with Crippen molar-refractivity contribution in [2.45, 2.75) is 46.9 Å². The number of hydrogen-bond acceptors (Lipinski definition) is 6. The average molecular weight is 665 g/mol. The number of carbonyl (C=O) groups excluding carboxylic acids is 3. The Labute approximate surface area is 273 Å². The van der Waals surface area contributed by atoms with Gasteiger partial charge in [0.2, 0.25) is 5.91 Å². The summed E-state index contributed by atoms with van der Waals surface area (Å²) in [6, 6.07) is 15.1. The number of rotatable bonds is 7. The molecule has 5 rings (SSSR count). The first-order valence-electron chi connectivity index (χ1n) is 14.5. The number of halogens is 3. The molecule has 1 fully saturated rings. The molecule has 0 bridgehead atoms. The van der Waals surface area contributed by atoms with E-state index < -0.39 is 24.1 Å². The number of ether oxygens (including phenoxy) is 1. The van der Waals surface area contributed by atoms with Crippen LogP contribution in [0.4, 0.5) is 35.0 Å². The molecule has 47 heavy (non-hydrogen) atoms. The van der Waals surface area contributed by atoms with Gasteiger partial charge in [-0.2, -0.15) is 10.1 Å². The third kappa shape index (κ3) is 7.83. The number of aromatic nitrogens is 2. The normalized spacial score (nSPS) is 14.2. The first-order chi connectivity index (χ1) is 22.2. The van der Waals surface area contributed by atoms with E-state index in [-0.39, 0.29) is 23.1 Å². The SMILES string of the molecule is Cc1ccc(C(C)C)c(N2C(=O)CS/C2=N\C(=O)Nc2ccc(-n3cc(NC(=O)c4ccc(OC(F)(F)F)cc4)c(C)n3)cc2C)c1. The van der Waals surface area contributed by atoms with Gasteiger partial charge in [-0.1, -0.05) is 37.7 Å². The van der Waals surface area contributed by atoms with Crippen LogP contribution in [0.25, 0.3) is 5.69 Å². The Hall–Kier alpha value is -5.11. The van der Waals surface area contributed by atoms with Gasteiger partial charge in [0.05, 0.1) is 34.7 Å². The number of alkyl halides is 3. The zero-order valence-corrected chi connectivity index (χ0v) is 26.9. The maximum absolute atomic E-state index is 13.0. The molecule has 0 spiro atoms. The number of amidine groups is 1. The minimum Gasteiger partial charge on any atom is -0.406 e. The van der Waals surface area contributed by atoms with E-state index in [9.17, 15) is 27.6 Å². The van der Waals surface area contributed by atoms with E-state index in [0.29, 0.717) is 33.5 Å². The summed E-state index contributed by atoms with van der Waals surface area (Å²) in [6.45, 7) is 9.54. The van der Waals surface area contributed by atoms with E-state index in [0.717, 1.165) is 28.9 Å². The first-order valence-corrected chi connectivity index (χ1v) is 15.5. The maximum atomic E-state index is 13.0. The number of thioether (sulfide) groups is 1. The number of anilines is 3. The Morgan fingerprint density at radius 3 is 2.36 bits per heavy atom. The molecule has 1 aliphatic rings. The molecule has 0 saturated carbocycles. The molecule has 14 heteroatoms. The molecular weight excluding hydrogens is 633 g/mol. The minimum absolute atomic E-state index is 0.133. The molecule has 0 radical (unpaired) electrons. The standard InChI is InChI=1S/C33H31F3N6O4S/c1-18(2)25-12-6-19(3)14-28(25)42-29(43)17-47-32(42)39-31(45)38-26-13-9-23(15-20(26)4)41-16-27(21(5)40-41)37-30(44)22-7-10-24(11-8-22)46-33(34,35)36/h6-16,18H,17H2,1-5H3,(H,37,44)(H,38,45)/b39-32-. The van der Waals surface area contributed by atoms with Crippen LogP contribution in [-0.4, -0.2) is 44.9 Å². The maximum Gasteiger partial charge on any atom is 0.573 e. The number of amides is 4. The predicted octanol–water partition coefficient (Wildman–Crippen LogP) is 7.74. The summed E-state index contributed by atoms with van der Waals surface area (Å²) in [5.41, 5.74) is 5.60. The molecule has 1 saturated heterocycles. The third-order valence-corrected chi connectivity index (χ3v) is 8.15. The van der Waals surface area contributed by atoms with Crippen molar-refractivity contribution in [3.05, 3.63) is 94.8 Å². The van der Waals surface area contributed by atoms with Crippen molar-refractivity contribution in [3.8, 4) is 11.4 Å². The highest BCUT2D eigenvalue weighted by Crippen LogP contribution is 2.34. The number of urea groups is 1. The lowest BCUT2D eigenvalue weighted by Crippen LogP contribution is -2.31. The number of carbonyl (C=O) groups is 3. The van der Waals surface area contributed by atoms with E-state index in [2.05, 4.69) is 25.5 Å². The molecule has 2 N–H and O–H groups in total. The van der Waals surface area contributed by atoms with Crippen LogP contribution in [0.15, 0.2) is 71.9 Å². The van der Waals surface area contributed by atoms with Crippen LogP contribution in [0.3, 0.4) is 0 Å². The van der Waals surface area contributed by atoms with Crippen molar-refractivity contribution >= 4 is 51.8 Å². The third-order valence-electron chi connectivity index (χ3n) is 7.22. The summed E-state index contributed by atoms with van der Waals surface area (Å²) in [5, 5.41) is 10.3. The molecule has 4 amide bonds. The van der Waals surface area contributed by atoms with Crippen molar-refractivity contribution < 1.29 is 32.3 Å². The van der Waals surface area contributed by atoms with Crippen LogP contribution in [0.5, 0.6) is 5.75 Å². The van der Waals surface area contributed by atoms with E-state index in [1.807, 2.05) is 39.0 Å². The lowest BCUT2D eigenvalue weighted by atomic mass is 9.99. The second kappa shape index (κ2) is 13.3. The average Bonchev–Trinajstić information content (AvgIpc) is 3.54. The lowest BCUT2D eigenvalue weighted by Gasteiger charge is -2.22. The summed E-state index contributed by atoms with van der Waals surface area (Å²) in [7, 11) is 0. The fraction of sp³-hybridized carbons (Fsp3) is 0.242. The van der Waals surface area contributed by atoms with Crippen LogP contribution in [0.2, 0.25) is 0 Å². The van der Waals surface area contributed by atoms with Gasteiger partial charge in [0.15, 0.2) is 5.17 Å². The summed E-state index contributed by atoms with van der Waals surface area (Å²) < 4.78 is 42.7. The number of benzene rings is 3. The van der Waals surface area contributed by atoms with Gasteiger partial charge in [-0.15, -0.1) is 13.2 Å². The molecule has 4 aromatic rings. The molecule has 0 atom stereocenters. The zero-order valence-electron chi connectivity index (χ0n) is 26.1. The molecule has 2 heterocycles.